The molecular weight excluding hydrogens is 333 g/mol. The van der Waals surface area contributed by atoms with E-state index in [-0.39, 0.29) is 16.0 Å². The first-order valence-electron chi connectivity index (χ1n) is 6.42. The average Bonchev–Trinajstić information content (AvgIpc) is 2.38. The third-order valence-corrected chi connectivity index (χ3v) is 4.91. The molecule has 0 aliphatic rings. The highest BCUT2D eigenvalue weighted by Gasteiger charge is 2.23. The Balaban J connectivity index is 2.54. The Bertz CT molecular complexity index is 476. The van der Waals surface area contributed by atoms with Crippen LogP contribution in [0.2, 0.25) is 0 Å². The molecule has 3 nitrogen and oxygen atoms in total. The van der Waals surface area contributed by atoms with Crippen LogP contribution in [0.1, 0.15) is 39.0 Å². The monoisotopic (exact) mass is 351 g/mol. The van der Waals surface area contributed by atoms with Crippen molar-refractivity contribution in [2.75, 3.05) is 6.54 Å². The van der Waals surface area contributed by atoms with Gasteiger partial charge in [-0.3, -0.25) is 0 Å². The lowest BCUT2D eigenvalue weighted by molar-refractivity contribution is 0.136. The number of nitrogens with zero attached hydrogens (tertiary/aromatic N) is 1. The average molecular weight is 352 g/mol. The predicted octanol–water partition coefficient (Wildman–Crippen LogP) is 4.29. The number of rotatable bonds is 8. The summed E-state index contributed by atoms with van der Waals surface area (Å²) in [6.07, 6.45) is 4.63. The molecule has 0 aromatic heterocycles. The van der Waals surface area contributed by atoms with Gasteiger partial charge in [-0.15, -0.1) is 4.48 Å². The summed E-state index contributed by atoms with van der Waals surface area (Å²) in [5.74, 6) is 0. The van der Waals surface area contributed by atoms with Gasteiger partial charge in [0.25, 0.3) is 10.0 Å². The molecule has 0 aliphatic carbocycles. The van der Waals surface area contributed by atoms with E-state index >= 15 is 0 Å². The summed E-state index contributed by atoms with van der Waals surface area (Å²) in [4.78, 5) is -0.0215. The van der Waals surface area contributed by atoms with E-state index in [1.807, 2.05) is 0 Å². The zero-order chi connectivity index (χ0) is 14.3. The van der Waals surface area contributed by atoms with Gasteiger partial charge in [-0.2, -0.15) is 0 Å². The van der Waals surface area contributed by atoms with Gasteiger partial charge >= 0.3 is 0 Å². The molecule has 19 heavy (non-hydrogen) atoms. The Morgan fingerprint density at radius 1 is 1.11 bits per heavy atom. The lowest BCUT2D eigenvalue weighted by Crippen LogP contribution is -2.24. The van der Waals surface area contributed by atoms with Crippen LogP contribution >= 0.6 is 15.9 Å². The molecule has 108 valence electrons. The first kappa shape index (κ1) is 16.6. The Morgan fingerprint density at radius 3 is 2.26 bits per heavy atom. The number of unbranched alkanes of at least 4 members (excludes halogenated alkanes) is 4. The number of sulfonamides is 1. The second-order valence-electron chi connectivity index (χ2n) is 4.38. The van der Waals surface area contributed by atoms with Crippen LogP contribution < -0.4 is 0 Å². The topological polar surface area (TPSA) is 37.4 Å². The minimum absolute atomic E-state index is 0.0215. The molecule has 1 rings (SSSR count). The largest absolute Gasteiger partial charge is 0.269 e. The van der Waals surface area contributed by atoms with E-state index in [1.54, 1.807) is 12.1 Å². The zero-order valence-electron chi connectivity index (χ0n) is 11.0. The first-order valence-corrected chi connectivity index (χ1v) is 8.66. The van der Waals surface area contributed by atoms with Gasteiger partial charge < -0.3 is 0 Å². The van der Waals surface area contributed by atoms with Crippen LogP contribution in [0.5, 0.6) is 0 Å². The van der Waals surface area contributed by atoms with E-state index in [0.717, 1.165) is 30.2 Å². The molecule has 0 fully saturated rings. The molecule has 0 aliphatic heterocycles. The van der Waals surface area contributed by atoms with Crippen molar-refractivity contribution < 1.29 is 12.9 Å². The smallest absolute Gasteiger partial charge is 0.205 e. The minimum atomic E-state index is -4.00. The second-order valence-corrected chi connectivity index (χ2v) is 7.12. The molecule has 0 saturated carbocycles. The van der Waals surface area contributed by atoms with E-state index in [9.17, 15) is 12.9 Å². The van der Waals surface area contributed by atoms with Gasteiger partial charge in [0.05, 0.1) is 4.90 Å². The summed E-state index contributed by atoms with van der Waals surface area (Å²) in [6, 6.07) is 5.95. The van der Waals surface area contributed by atoms with Gasteiger partial charge in [-0.05, 0) is 35.2 Å². The van der Waals surface area contributed by atoms with Crippen molar-refractivity contribution in [3.63, 3.8) is 0 Å². The van der Waals surface area contributed by atoms with E-state index in [2.05, 4.69) is 22.9 Å². The number of halogens is 2. The maximum absolute atomic E-state index is 13.7. The van der Waals surface area contributed by atoms with Crippen LogP contribution in [0.25, 0.3) is 0 Å². The van der Waals surface area contributed by atoms with Crippen molar-refractivity contribution >= 4 is 26.0 Å². The van der Waals surface area contributed by atoms with Gasteiger partial charge in [0.2, 0.25) is 0 Å². The summed E-state index contributed by atoms with van der Waals surface area (Å²) < 4.78 is 38.2. The van der Waals surface area contributed by atoms with Gasteiger partial charge in [0, 0.05) is 11.0 Å². The number of hydrogen-bond acceptors (Lipinski definition) is 2. The van der Waals surface area contributed by atoms with Crippen LogP contribution in [-0.4, -0.2) is 19.5 Å². The predicted molar refractivity (Wildman–Crippen MR) is 77.9 cm³/mol. The molecule has 6 heteroatoms. The van der Waals surface area contributed by atoms with Gasteiger partial charge in [0.15, 0.2) is 0 Å². The zero-order valence-corrected chi connectivity index (χ0v) is 13.4. The quantitative estimate of drug-likeness (QED) is 0.517. The summed E-state index contributed by atoms with van der Waals surface area (Å²) in [7, 11) is -4.00. The standard InChI is InChI=1S/C13H19BrFNO2S/c1-2-3-4-5-6-11-16(15)19(17,18)13-9-7-12(14)8-10-13/h7-10H,2-6,11H2,1H3. The Kier molecular flexibility index (Phi) is 6.96. The Morgan fingerprint density at radius 2 is 1.68 bits per heavy atom. The maximum Gasteiger partial charge on any atom is 0.269 e. The van der Waals surface area contributed by atoms with Crippen molar-refractivity contribution in [1.29, 1.82) is 0 Å². The lowest BCUT2D eigenvalue weighted by Gasteiger charge is -2.12. The molecule has 0 radical (unpaired) electrons. The number of benzene rings is 1. The lowest BCUT2D eigenvalue weighted by atomic mass is 10.2. The summed E-state index contributed by atoms with van der Waals surface area (Å²) in [5, 5.41) is 0. The highest BCUT2D eigenvalue weighted by Crippen LogP contribution is 2.19. The fourth-order valence-corrected chi connectivity index (χ4v) is 3.02. The molecule has 0 unspecified atom stereocenters. The van der Waals surface area contributed by atoms with Crippen molar-refractivity contribution in [2.45, 2.75) is 43.9 Å². The van der Waals surface area contributed by atoms with E-state index in [1.165, 1.54) is 12.1 Å². The maximum atomic E-state index is 13.7. The van der Waals surface area contributed by atoms with Crippen LogP contribution in [-0.2, 0) is 10.0 Å². The van der Waals surface area contributed by atoms with E-state index < -0.39 is 10.0 Å². The third kappa shape index (κ3) is 5.20. The molecule has 0 saturated heterocycles. The number of hydrogen-bond donors (Lipinski definition) is 0. The molecule has 1 aromatic carbocycles. The summed E-state index contributed by atoms with van der Waals surface area (Å²) in [5.41, 5.74) is 0. The van der Waals surface area contributed by atoms with Crippen LogP contribution in [0.15, 0.2) is 33.6 Å². The molecule has 1 aromatic rings. The van der Waals surface area contributed by atoms with Crippen molar-refractivity contribution in [3.05, 3.63) is 28.7 Å². The summed E-state index contributed by atoms with van der Waals surface area (Å²) >= 11 is 3.21. The first-order chi connectivity index (χ1) is 8.98. The second kappa shape index (κ2) is 7.97. The Labute approximate surface area is 122 Å². The molecule has 0 spiro atoms. The minimum Gasteiger partial charge on any atom is -0.205 e. The van der Waals surface area contributed by atoms with Gasteiger partial charge in [-0.25, -0.2) is 8.42 Å². The van der Waals surface area contributed by atoms with E-state index in [4.69, 9.17) is 0 Å². The Hall–Kier alpha value is -0.460. The van der Waals surface area contributed by atoms with Crippen LogP contribution in [0, 0.1) is 0 Å². The molecule has 0 N–H and O–H groups in total. The normalized spacial score (nSPS) is 12.0. The van der Waals surface area contributed by atoms with Crippen LogP contribution in [0.3, 0.4) is 0 Å². The molecule has 0 atom stereocenters. The fourth-order valence-electron chi connectivity index (χ4n) is 1.68. The van der Waals surface area contributed by atoms with Gasteiger partial charge in [-0.1, -0.05) is 48.5 Å². The molecule has 0 heterocycles. The SMILES string of the molecule is CCCCCCCN(F)S(=O)(=O)c1ccc(Br)cc1. The van der Waals surface area contributed by atoms with E-state index in [0.29, 0.717) is 6.42 Å². The van der Waals surface area contributed by atoms with Crippen molar-refractivity contribution in [2.24, 2.45) is 0 Å². The van der Waals surface area contributed by atoms with Gasteiger partial charge in [0.1, 0.15) is 0 Å². The fraction of sp³-hybridized carbons (Fsp3) is 0.538. The van der Waals surface area contributed by atoms with Crippen molar-refractivity contribution in [1.82, 2.24) is 4.53 Å². The summed E-state index contributed by atoms with van der Waals surface area (Å²) in [6.45, 7) is 2.02. The molecule has 0 bridgehead atoms. The molecule has 0 amide bonds. The highest BCUT2D eigenvalue weighted by molar-refractivity contribution is 9.10. The highest BCUT2D eigenvalue weighted by atomic mass is 79.9. The van der Waals surface area contributed by atoms with Crippen molar-refractivity contribution in [3.8, 4) is 0 Å². The molecular formula is C13H19BrFNO2S. The van der Waals surface area contributed by atoms with Crippen LogP contribution in [0.4, 0.5) is 4.48 Å². The third-order valence-electron chi connectivity index (χ3n) is 2.81.